The lowest BCUT2D eigenvalue weighted by Gasteiger charge is -2.20. The van der Waals surface area contributed by atoms with E-state index in [2.05, 4.69) is 20.7 Å². The minimum absolute atomic E-state index is 0.291. The van der Waals surface area contributed by atoms with Gasteiger partial charge in [-0.25, -0.2) is 13.1 Å². The van der Waals surface area contributed by atoms with Gasteiger partial charge in [-0.05, 0) is 39.5 Å². The SMILES string of the molecule is CC(C)(C)S(=O)(=O)NCC(Br)C1CC1. The third kappa shape index (κ3) is 3.21. The van der Waals surface area contributed by atoms with Crippen molar-refractivity contribution >= 4 is 26.0 Å². The molecule has 1 N–H and O–H groups in total. The number of alkyl halides is 1. The summed E-state index contributed by atoms with van der Waals surface area (Å²) in [4.78, 5) is 0.291. The number of rotatable bonds is 4. The molecule has 1 unspecified atom stereocenters. The van der Waals surface area contributed by atoms with Crippen LogP contribution in [0.25, 0.3) is 0 Å². The fraction of sp³-hybridized carbons (Fsp3) is 1.00. The Bertz CT molecular complexity index is 290. The second-order valence-corrected chi connectivity index (χ2v) is 8.51. The van der Waals surface area contributed by atoms with Gasteiger partial charge in [0.05, 0.1) is 4.75 Å². The van der Waals surface area contributed by atoms with Crippen LogP contribution in [-0.4, -0.2) is 24.5 Å². The van der Waals surface area contributed by atoms with Gasteiger partial charge in [-0.15, -0.1) is 0 Å². The molecule has 0 heterocycles. The molecule has 0 saturated heterocycles. The van der Waals surface area contributed by atoms with E-state index in [4.69, 9.17) is 0 Å². The van der Waals surface area contributed by atoms with Crippen molar-refractivity contribution in [3.63, 3.8) is 0 Å². The van der Waals surface area contributed by atoms with E-state index in [1.807, 2.05) is 0 Å². The van der Waals surface area contributed by atoms with E-state index in [-0.39, 0.29) is 0 Å². The Kier molecular flexibility index (Phi) is 3.65. The van der Waals surface area contributed by atoms with Gasteiger partial charge in [-0.2, -0.15) is 0 Å². The molecule has 0 spiro atoms. The van der Waals surface area contributed by atoms with Crippen molar-refractivity contribution in [1.82, 2.24) is 4.72 Å². The van der Waals surface area contributed by atoms with Crippen LogP contribution in [0.15, 0.2) is 0 Å². The van der Waals surface area contributed by atoms with E-state index < -0.39 is 14.8 Å². The number of hydrogen-bond donors (Lipinski definition) is 1. The van der Waals surface area contributed by atoms with Crippen LogP contribution >= 0.6 is 15.9 Å². The normalized spacial score (nSPS) is 20.9. The zero-order chi connectivity index (χ0) is 11.0. The zero-order valence-electron chi connectivity index (χ0n) is 8.88. The lowest BCUT2D eigenvalue weighted by atomic mass is 10.3. The van der Waals surface area contributed by atoms with E-state index in [0.29, 0.717) is 17.3 Å². The maximum atomic E-state index is 11.7. The van der Waals surface area contributed by atoms with E-state index in [0.717, 1.165) is 0 Å². The highest BCUT2D eigenvalue weighted by molar-refractivity contribution is 9.09. The van der Waals surface area contributed by atoms with Gasteiger partial charge in [0.15, 0.2) is 0 Å². The smallest absolute Gasteiger partial charge is 0.214 e. The lowest BCUT2D eigenvalue weighted by molar-refractivity contribution is 0.542. The molecule has 0 amide bonds. The molecule has 0 aromatic rings. The molecule has 14 heavy (non-hydrogen) atoms. The van der Waals surface area contributed by atoms with Gasteiger partial charge in [0.2, 0.25) is 10.0 Å². The lowest BCUT2D eigenvalue weighted by Crippen LogP contribution is -2.41. The molecule has 3 nitrogen and oxygen atoms in total. The second kappa shape index (κ2) is 4.10. The Hall–Kier alpha value is 0.390. The fourth-order valence-corrected chi connectivity index (χ4v) is 2.77. The first-order chi connectivity index (χ1) is 6.24. The summed E-state index contributed by atoms with van der Waals surface area (Å²) in [7, 11) is -3.18. The van der Waals surface area contributed by atoms with Gasteiger partial charge in [0.1, 0.15) is 0 Å². The average molecular weight is 284 g/mol. The van der Waals surface area contributed by atoms with E-state index in [1.54, 1.807) is 20.8 Å². The molecule has 0 aromatic heterocycles. The van der Waals surface area contributed by atoms with Crippen molar-refractivity contribution in [2.75, 3.05) is 6.54 Å². The van der Waals surface area contributed by atoms with Crippen LogP contribution in [-0.2, 0) is 10.0 Å². The van der Waals surface area contributed by atoms with Crippen molar-refractivity contribution in [3.8, 4) is 0 Å². The van der Waals surface area contributed by atoms with Crippen LogP contribution in [0.5, 0.6) is 0 Å². The van der Waals surface area contributed by atoms with Gasteiger partial charge >= 0.3 is 0 Å². The molecule has 0 radical (unpaired) electrons. The molecule has 0 aromatic carbocycles. The van der Waals surface area contributed by atoms with Crippen molar-refractivity contribution in [1.29, 1.82) is 0 Å². The molecule has 1 aliphatic rings. The third-order valence-corrected chi connectivity index (χ3v) is 5.64. The van der Waals surface area contributed by atoms with Crippen LogP contribution in [0, 0.1) is 5.92 Å². The highest BCUT2D eigenvalue weighted by Gasteiger charge is 2.33. The molecule has 84 valence electrons. The summed E-state index contributed by atoms with van der Waals surface area (Å²) in [5, 5.41) is 0. The third-order valence-electron chi connectivity index (χ3n) is 2.41. The molecular weight excluding hydrogens is 266 g/mol. The molecule has 0 aliphatic heterocycles. The predicted molar refractivity (Wildman–Crippen MR) is 62.1 cm³/mol. The standard InChI is InChI=1S/C9H18BrNO2S/c1-9(2,3)14(12,13)11-6-8(10)7-4-5-7/h7-8,11H,4-6H2,1-3H3. The summed E-state index contributed by atoms with van der Waals surface area (Å²) in [5.41, 5.74) is 0. The quantitative estimate of drug-likeness (QED) is 0.801. The molecule has 1 saturated carbocycles. The topological polar surface area (TPSA) is 46.2 Å². The molecule has 1 atom stereocenters. The number of halogens is 1. The highest BCUT2D eigenvalue weighted by atomic mass is 79.9. The van der Waals surface area contributed by atoms with E-state index in [1.165, 1.54) is 12.8 Å². The maximum absolute atomic E-state index is 11.7. The van der Waals surface area contributed by atoms with Crippen molar-refractivity contribution in [2.45, 2.75) is 43.2 Å². The summed E-state index contributed by atoms with van der Waals surface area (Å²) in [5.74, 6) is 0.665. The fourth-order valence-electron chi connectivity index (χ4n) is 1.03. The molecule has 1 aliphatic carbocycles. The maximum Gasteiger partial charge on any atom is 0.216 e. The Morgan fingerprint density at radius 1 is 1.43 bits per heavy atom. The summed E-state index contributed by atoms with van der Waals surface area (Å²) in [6.07, 6.45) is 2.43. The van der Waals surface area contributed by atoms with Gasteiger partial charge < -0.3 is 0 Å². The Morgan fingerprint density at radius 3 is 2.29 bits per heavy atom. The average Bonchev–Trinajstić information content (AvgIpc) is 2.80. The van der Waals surface area contributed by atoms with Crippen LogP contribution in [0.2, 0.25) is 0 Å². The Morgan fingerprint density at radius 2 is 1.93 bits per heavy atom. The Balaban J connectivity index is 2.43. The van der Waals surface area contributed by atoms with Gasteiger partial charge in [-0.1, -0.05) is 15.9 Å². The van der Waals surface area contributed by atoms with Gasteiger partial charge in [-0.3, -0.25) is 0 Å². The summed E-state index contributed by atoms with van der Waals surface area (Å²) < 4.78 is 25.3. The largest absolute Gasteiger partial charge is 0.216 e. The minimum Gasteiger partial charge on any atom is -0.214 e. The van der Waals surface area contributed by atoms with Crippen LogP contribution < -0.4 is 4.72 Å². The molecule has 1 fully saturated rings. The van der Waals surface area contributed by atoms with E-state index in [9.17, 15) is 8.42 Å². The first-order valence-electron chi connectivity index (χ1n) is 4.87. The van der Waals surface area contributed by atoms with Gasteiger partial charge in [0.25, 0.3) is 0 Å². The summed E-state index contributed by atoms with van der Waals surface area (Å²) >= 11 is 3.50. The van der Waals surface area contributed by atoms with Crippen molar-refractivity contribution < 1.29 is 8.42 Å². The van der Waals surface area contributed by atoms with Crippen molar-refractivity contribution in [2.24, 2.45) is 5.92 Å². The molecule has 0 bridgehead atoms. The second-order valence-electron chi connectivity index (χ2n) is 4.82. The number of nitrogens with one attached hydrogen (secondary N) is 1. The minimum atomic E-state index is -3.18. The van der Waals surface area contributed by atoms with E-state index >= 15 is 0 Å². The predicted octanol–water partition coefficient (Wildman–Crippen LogP) is 1.88. The molecule has 1 rings (SSSR count). The highest BCUT2D eigenvalue weighted by Crippen LogP contribution is 2.36. The van der Waals surface area contributed by atoms with Crippen LogP contribution in [0.1, 0.15) is 33.6 Å². The number of hydrogen-bond acceptors (Lipinski definition) is 2. The summed E-state index contributed by atoms with van der Waals surface area (Å²) in [6.45, 7) is 5.62. The first-order valence-corrected chi connectivity index (χ1v) is 7.27. The van der Waals surface area contributed by atoms with Gasteiger partial charge in [0, 0.05) is 11.4 Å². The molecular formula is C9H18BrNO2S. The zero-order valence-corrected chi connectivity index (χ0v) is 11.3. The number of sulfonamides is 1. The summed E-state index contributed by atoms with van der Waals surface area (Å²) in [6, 6.07) is 0. The van der Waals surface area contributed by atoms with Crippen LogP contribution in [0.3, 0.4) is 0 Å². The monoisotopic (exact) mass is 283 g/mol. The molecule has 5 heteroatoms. The van der Waals surface area contributed by atoms with Crippen molar-refractivity contribution in [3.05, 3.63) is 0 Å². The Labute approximate surface area is 94.8 Å². The first kappa shape index (κ1) is 12.5. The van der Waals surface area contributed by atoms with Crippen LogP contribution in [0.4, 0.5) is 0 Å².